The quantitative estimate of drug-likeness (QED) is 0.658. The maximum atomic E-state index is 5.12. The summed E-state index contributed by atoms with van der Waals surface area (Å²) in [5, 5.41) is 17.0. The molecule has 0 aliphatic heterocycles. The number of hydrogen-bond acceptors (Lipinski definition) is 6. The third-order valence-electron chi connectivity index (χ3n) is 1.90. The molecule has 0 unspecified atom stereocenters. The highest BCUT2D eigenvalue weighted by Crippen LogP contribution is 2.24. The number of aromatic amines is 1. The molecule has 0 bridgehead atoms. The highest BCUT2D eigenvalue weighted by atomic mass is 79.9. The molecule has 88 valence electrons. The van der Waals surface area contributed by atoms with Crippen LogP contribution in [0.3, 0.4) is 0 Å². The van der Waals surface area contributed by atoms with Crippen molar-refractivity contribution in [3.05, 3.63) is 28.2 Å². The van der Waals surface area contributed by atoms with Gasteiger partial charge in [0.2, 0.25) is 0 Å². The summed E-state index contributed by atoms with van der Waals surface area (Å²) in [4.78, 5) is 0. The Balaban J connectivity index is 2.03. The van der Waals surface area contributed by atoms with E-state index in [2.05, 4.69) is 47.1 Å². The summed E-state index contributed by atoms with van der Waals surface area (Å²) in [6, 6.07) is 5.62. The average molecular weight is 297 g/mol. The Morgan fingerprint density at radius 3 is 3.06 bits per heavy atom. The van der Waals surface area contributed by atoms with Gasteiger partial charge >= 0.3 is 0 Å². The van der Waals surface area contributed by atoms with Crippen LogP contribution in [-0.4, -0.2) is 33.9 Å². The first-order valence-corrected chi connectivity index (χ1v) is 5.45. The third-order valence-corrected chi connectivity index (χ3v) is 2.52. The van der Waals surface area contributed by atoms with Crippen molar-refractivity contribution < 1.29 is 4.74 Å². The number of benzene rings is 1. The second-order valence-corrected chi connectivity index (χ2v) is 3.85. The van der Waals surface area contributed by atoms with Crippen molar-refractivity contribution in [1.82, 2.24) is 20.6 Å². The number of ether oxygens (including phenoxy) is 1. The molecule has 2 N–H and O–H groups in total. The van der Waals surface area contributed by atoms with Gasteiger partial charge in [-0.05, 0) is 44.9 Å². The van der Waals surface area contributed by atoms with E-state index >= 15 is 0 Å². The molecule has 0 fully saturated rings. The highest BCUT2D eigenvalue weighted by Gasteiger charge is 1.99. The number of halogens is 1. The number of hydrogen-bond donors (Lipinski definition) is 2. The zero-order chi connectivity index (χ0) is 12.1. The average Bonchev–Trinajstić information content (AvgIpc) is 2.82. The molecule has 2 aromatic rings. The Kier molecular flexibility index (Phi) is 3.66. The Morgan fingerprint density at radius 2 is 2.41 bits per heavy atom. The first-order valence-electron chi connectivity index (χ1n) is 4.65. The standard InChI is InChI=1S/C9H9BrN6O/c1-17-8-3-2-6(4-7(8)10)5-11-12-9-13-15-16-14-9/h2-5H,1H3,(H2,12,13,14,15,16). The second kappa shape index (κ2) is 5.39. The van der Waals surface area contributed by atoms with Gasteiger partial charge in [-0.15, -0.1) is 5.10 Å². The first kappa shape index (κ1) is 11.5. The van der Waals surface area contributed by atoms with Crippen molar-refractivity contribution in [1.29, 1.82) is 0 Å². The molecule has 0 aliphatic carbocycles. The van der Waals surface area contributed by atoms with Gasteiger partial charge in [-0.3, -0.25) is 0 Å². The van der Waals surface area contributed by atoms with E-state index < -0.39 is 0 Å². The number of nitrogens with zero attached hydrogens (tertiary/aromatic N) is 4. The monoisotopic (exact) mass is 296 g/mol. The number of tetrazole rings is 1. The smallest absolute Gasteiger partial charge is 0.283 e. The van der Waals surface area contributed by atoms with Crippen LogP contribution in [0.25, 0.3) is 0 Å². The lowest BCUT2D eigenvalue weighted by Gasteiger charge is -2.02. The first-order chi connectivity index (χ1) is 8.29. The Morgan fingerprint density at radius 1 is 1.53 bits per heavy atom. The van der Waals surface area contributed by atoms with Gasteiger partial charge in [0.15, 0.2) is 0 Å². The van der Waals surface area contributed by atoms with Gasteiger partial charge in [-0.25, -0.2) is 5.43 Å². The van der Waals surface area contributed by atoms with Gasteiger partial charge in [0.25, 0.3) is 5.95 Å². The third kappa shape index (κ3) is 3.00. The Hall–Kier alpha value is -1.96. The normalized spacial score (nSPS) is 10.7. The maximum Gasteiger partial charge on any atom is 0.283 e. The summed E-state index contributed by atoms with van der Waals surface area (Å²) in [6.45, 7) is 0. The summed E-state index contributed by atoms with van der Waals surface area (Å²) < 4.78 is 5.99. The van der Waals surface area contributed by atoms with Gasteiger partial charge in [0.1, 0.15) is 5.75 Å². The lowest BCUT2D eigenvalue weighted by Crippen LogP contribution is -1.93. The van der Waals surface area contributed by atoms with E-state index in [9.17, 15) is 0 Å². The van der Waals surface area contributed by atoms with Crippen molar-refractivity contribution in [2.75, 3.05) is 12.5 Å². The lowest BCUT2D eigenvalue weighted by atomic mass is 10.2. The minimum absolute atomic E-state index is 0.314. The van der Waals surface area contributed by atoms with Crippen LogP contribution in [0, 0.1) is 0 Å². The Labute approximate surface area is 105 Å². The molecular weight excluding hydrogens is 288 g/mol. The molecule has 0 radical (unpaired) electrons. The van der Waals surface area contributed by atoms with Crippen LogP contribution in [0.4, 0.5) is 5.95 Å². The van der Waals surface area contributed by atoms with E-state index in [4.69, 9.17) is 4.74 Å². The van der Waals surface area contributed by atoms with Crippen LogP contribution in [0.2, 0.25) is 0 Å². The van der Waals surface area contributed by atoms with Gasteiger partial charge in [-0.1, -0.05) is 5.10 Å². The summed E-state index contributed by atoms with van der Waals surface area (Å²) >= 11 is 3.39. The largest absolute Gasteiger partial charge is 0.496 e. The minimum Gasteiger partial charge on any atom is -0.496 e. The number of anilines is 1. The van der Waals surface area contributed by atoms with E-state index in [1.807, 2.05) is 18.2 Å². The minimum atomic E-state index is 0.314. The molecule has 7 nitrogen and oxygen atoms in total. The lowest BCUT2D eigenvalue weighted by molar-refractivity contribution is 0.412. The van der Waals surface area contributed by atoms with Crippen LogP contribution >= 0.6 is 15.9 Å². The fraction of sp³-hybridized carbons (Fsp3) is 0.111. The molecule has 17 heavy (non-hydrogen) atoms. The van der Waals surface area contributed by atoms with Crippen molar-refractivity contribution in [3.63, 3.8) is 0 Å². The molecule has 1 aromatic heterocycles. The maximum absolute atomic E-state index is 5.12. The van der Waals surface area contributed by atoms with Crippen molar-refractivity contribution >= 4 is 28.1 Å². The molecule has 0 atom stereocenters. The molecule has 0 aliphatic rings. The zero-order valence-electron chi connectivity index (χ0n) is 8.88. The SMILES string of the molecule is COc1ccc(C=NNc2nn[nH]n2)cc1Br. The fourth-order valence-corrected chi connectivity index (χ4v) is 1.70. The van der Waals surface area contributed by atoms with Crippen molar-refractivity contribution in [3.8, 4) is 5.75 Å². The van der Waals surface area contributed by atoms with Gasteiger partial charge in [0, 0.05) is 0 Å². The number of hydrazone groups is 1. The van der Waals surface area contributed by atoms with Crippen LogP contribution in [-0.2, 0) is 0 Å². The zero-order valence-corrected chi connectivity index (χ0v) is 10.5. The molecule has 0 amide bonds. The van der Waals surface area contributed by atoms with E-state index in [1.54, 1.807) is 13.3 Å². The summed E-state index contributed by atoms with van der Waals surface area (Å²) in [6.07, 6.45) is 1.64. The summed E-state index contributed by atoms with van der Waals surface area (Å²) in [7, 11) is 1.62. The van der Waals surface area contributed by atoms with Crippen molar-refractivity contribution in [2.45, 2.75) is 0 Å². The van der Waals surface area contributed by atoms with E-state index in [0.29, 0.717) is 5.95 Å². The van der Waals surface area contributed by atoms with Crippen LogP contribution in [0.15, 0.2) is 27.8 Å². The molecular formula is C9H9BrN6O. The van der Waals surface area contributed by atoms with E-state index in [-0.39, 0.29) is 0 Å². The topological polar surface area (TPSA) is 88.1 Å². The van der Waals surface area contributed by atoms with E-state index in [0.717, 1.165) is 15.8 Å². The Bertz CT molecular complexity index is 512. The second-order valence-electron chi connectivity index (χ2n) is 3.00. The van der Waals surface area contributed by atoms with Gasteiger partial charge < -0.3 is 4.74 Å². The number of methoxy groups -OCH3 is 1. The molecule has 2 rings (SSSR count). The number of H-pyrrole nitrogens is 1. The summed E-state index contributed by atoms with van der Waals surface area (Å²) in [5.74, 6) is 1.09. The number of nitrogens with one attached hydrogen (secondary N) is 2. The number of rotatable bonds is 4. The number of aromatic nitrogens is 4. The molecule has 8 heteroatoms. The predicted octanol–water partition coefficient (Wildman–Crippen LogP) is 1.42. The van der Waals surface area contributed by atoms with Crippen LogP contribution in [0.5, 0.6) is 5.75 Å². The van der Waals surface area contributed by atoms with Crippen LogP contribution in [0.1, 0.15) is 5.56 Å². The predicted molar refractivity (Wildman–Crippen MR) is 66.1 cm³/mol. The van der Waals surface area contributed by atoms with Gasteiger partial charge in [0.05, 0.1) is 17.8 Å². The molecule has 1 heterocycles. The molecule has 0 spiro atoms. The van der Waals surface area contributed by atoms with Gasteiger partial charge in [-0.2, -0.15) is 10.3 Å². The molecule has 0 saturated heterocycles. The molecule has 0 saturated carbocycles. The molecule has 1 aromatic carbocycles. The fourth-order valence-electron chi connectivity index (χ4n) is 1.14. The van der Waals surface area contributed by atoms with Crippen molar-refractivity contribution in [2.24, 2.45) is 5.10 Å². The van der Waals surface area contributed by atoms with Crippen LogP contribution < -0.4 is 10.2 Å². The van der Waals surface area contributed by atoms with E-state index in [1.165, 1.54) is 0 Å². The summed E-state index contributed by atoms with van der Waals surface area (Å²) in [5.41, 5.74) is 3.54. The highest BCUT2D eigenvalue weighted by molar-refractivity contribution is 9.10.